The fourth-order valence-electron chi connectivity index (χ4n) is 5.04. The Kier molecular flexibility index (Phi) is 3.04. The lowest BCUT2D eigenvalue weighted by molar-refractivity contribution is 0.1000. The van der Waals surface area contributed by atoms with Crippen molar-refractivity contribution in [3.8, 4) is 0 Å². The summed E-state index contributed by atoms with van der Waals surface area (Å²) in [5, 5.41) is 9.45. The van der Waals surface area contributed by atoms with Crippen molar-refractivity contribution < 1.29 is 4.79 Å². The number of aromatic nitrogens is 3. The molecular formula is C20H21N3OS. The maximum atomic E-state index is 12.6. The highest BCUT2D eigenvalue weighted by atomic mass is 32.2. The van der Waals surface area contributed by atoms with E-state index in [1.165, 1.54) is 18.2 Å². The zero-order chi connectivity index (χ0) is 17.4. The van der Waals surface area contributed by atoms with Crippen molar-refractivity contribution in [2.45, 2.75) is 61.8 Å². The first-order chi connectivity index (χ1) is 11.9. The van der Waals surface area contributed by atoms with Crippen LogP contribution in [0.2, 0.25) is 0 Å². The van der Waals surface area contributed by atoms with Gasteiger partial charge >= 0.3 is 0 Å². The highest BCUT2D eigenvalue weighted by molar-refractivity contribution is 8.00. The number of Topliss-reactive ketones (excluding diaryl/α,β-unsaturated/α-hetero) is 1. The summed E-state index contributed by atoms with van der Waals surface area (Å²) in [5.41, 5.74) is 4.44. The first-order valence-electron chi connectivity index (χ1n) is 8.96. The molecule has 0 unspecified atom stereocenters. The van der Waals surface area contributed by atoms with Crippen LogP contribution in [0.1, 0.15) is 66.8 Å². The summed E-state index contributed by atoms with van der Waals surface area (Å²) >= 11 is 1.47. The van der Waals surface area contributed by atoms with Gasteiger partial charge in [0, 0.05) is 16.9 Å². The van der Waals surface area contributed by atoms with E-state index in [1.54, 1.807) is 0 Å². The van der Waals surface area contributed by atoms with Crippen LogP contribution >= 0.6 is 11.8 Å². The maximum Gasteiger partial charge on any atom is 0.210 e. The molecule has 128 valence electrons. The topological polar surface area (TPSA) is 55.7 Å². The van der Waals surface area contributed by atoms with Crippen LogP contribution in [0.15, 0.2) is 29.4 Å². The molecule has 1 fully saturated rings. The summed E-state index contributed by atoms with van der Waals surface area (Å²) in [6.45, 7) is 6.98. The molecule has 25 heavy (non-hydrogen) atoms. The van der Waals surface area contributed by atoms with E-state index in [1.807, 2.05) is 24.3 Å². The van der Waals surface area contributed by atoms with E-state index in [4.69, 9.17) is 4.98 Å². The highest BCUT2D eigenvalue weighted by Crippen LogP contribution is 2.66. The van der Waals surface area contributed by atoms with Gasteiger partial charge < -0.3 is 0 Å². The third kappa shape index (κ3) is 1.90. The van der Waals surface area contributed by atoms with Crippen LogP contribution < -0.4 is 0 Å². The fraction of sp³-hybridized carbons (Fsp3) is 0.500. The van der Waals surface area contributed by atoms with Gasteiger partial charge in [-0.1, -0.05) is 56.8 Å². The van der Waals surface area contributed by atoms with E-state index in [2.05, 4.69) is 31.0 Å². The van der Waals surface area contributed by atoms with E-state index in [-0.39, 0.29) is 21.9 Å². The van der Waals surface area contributed by atoms with E-state index < -0.39 is 0 Å². The smallest absolute Gasteiger partial charge is 0.210 e. The largest absolute Gasteiger partial charge is 0.293 e. The number of hydrogen-bond donors (Lipinski definition) is 0. The number of ketones is 1. The quantitative estimate of drug-likeness (QED) is 0.820. The lowest BCUT2D eigenvalue weighted by Gasteiger charge is -2.34. The molecule has 0 amide bonds. The lowest BCUT2D eigenvalue weighted by Crippen LogP contribution is -2.32. The third-order valence-electron chi connectivity index (χ3n) is 7.00. The Morgan fingerprint density at radius 1 is 1.16 bits per heavy atom. The number of nitrogens with zero attached hydrogens (tertiary/aromatic N) is 3. The summed E-state index contributed by atoms with van der Waals surface area (Å²) in [7, 11) is 0. The Labute approximate surface area is 151 Å². The van der Waals surface area contributed by atoms with Crippen LogP contribution in [0, 0.1) is 5.41 Å². The number of rotatable bonds is 2. The molecule has 1 aromatic heterocycles. The van der Waals surface area contributed by atoms with Crippen molar-refractivity contribution in [2.24, 2.45) is 5.41 Å². The molecule has 5 rings (SSSR count). The van der Waals surface area contributed by atoms with Crippen molar-refractivity contribution in [3.05, 3.63) is 46.8 Å². The van der Waals surface area contributed by atoms with Crippen LogP contribution in [-0.2, 0) is 11.8 Å². The molecule has 4 nitrogen and oxygen atoms in total. The minimum atomic E-state index is -0.128. The first-order valence-corrected chi connectivity index (χ1v) is 9.84. The van der Waals surface area contributed by atoms with Crippen molar-refractivity contribution >= 4 is 17.5 Å². The molecule has 1 aromatic carbocycles. The standard InChI is InChI=1S/C20H21N3OS/c1-19(2)13-8-9-20(19,3)17-15(13)22-23-18(21-17)25-14-10-11-6-4-5-7-12(11)16(14)24/h4-7,13-14H,8-10H2,1-3H3/t13-,14-,20+/m1/s1. The summed E-state index contributed by atoms with van der Waals surface area (Å²) < 4.78 is 0. The molecule has 0 saturated heterocycles. The lowest BCUT2D eigenvalue weighted by atomic mass is 9.70. The first kappa shape index (κ1) is 15.5. The molecule has 1 saturated carbocycles. The van der Waals surface area contributed by atoms with Gasteiger partial charge in [-0.25, -0.2) is 4.98 Å². The van der Waals surface area contributed by atoms with Gasteiger partial charge in [0.1, 0.15) is 0 Å². The molecular weight excluding hydrogens is 330 g/mol. The zero-order valence-corrected chi connectivity index (χ0v) is 15.6. The number of hydrogen-bond acceptors (Lipinski definition) is 5. The number of thioether (sulfide) groups is 1. The summed E-state index contributed by atoms with van der Waals surface area (Å²) in [5.74, 6) is 0.654. The molecule has 1 heterocycles. The predicted molar refractivity (Wildman–Crippen MR) is 97.1 cm³/mol. The van der Waals surface area contributed by atoms with Crippen molar-refractivity contribution in [1.82, 2.24) is 15.2 Å². The molecule has 2 aromatic rings. The Balaban J connectivity index is 1.47. The summed E-state index contributed by atoms with van der Waals surface area (Å²) in [4.78, 5) is 17.5. The number of carbonyl (C=O) groups is 1. The number of benzene rings is 1. The van der Waals surface area contributed by atoms with Crippen LogP contribution in [0.4, 0.5) is 0 Å². The minimum Gasteiger partial charge on any atom is -0.293 e. The molecule has 0 spiro atoms. The average Bonchev–Trinajstić information content (AvgIpc) is 3.09. The van der Waals surface area contributed by atoms with Crippen molar-refractivity contribution in [2.75, 3.05) is 0 Å². The molecule has 0 aliphatic heterocycles. The van der Waals surface area contributed by atoms with Crippen LogP contribution in [0.3, 0.4) is 0 Å². The molecule has 3 atom stereocenters. The van der Waals surface area contributed by atoms with Gasteiger partial charge in [0.05, 0.1) is 16.6 Å². The fourth-order valence-corrected chi connectivity index (χ4v) is 6.02. The molecule has 0 radical (unpaired) electrons. The predicted octanol–water partition coefficient (Wildman–Crippen LogP) is 3.95. The third-order valence-corrected chi connectivity index (χ3v) is 8.05. The molecule has 2 bridgehead atoms. The van der Waals surface area contributed by atoms with Crippen molar-refractivity contribution in [1.29, 1.82) is 0 Å². The SMILES string of the molecule is CC1(C)[C@@H]2CC[C@@]1(C)c1nc(S[C@@H]3Cc4ccccc4C3=O)nnc12. The van der Waals surface area contributed by atoms with Crippen molar-refractivity contribution in [3.63, 3.8) is 0 Å². The Bertz CT molecular complexity index is 910. The second-order valence-corrected chi connectivity index (χ2v) is 9.48. The molecule has 3 aliphatic rings. The van der Waals surface area contributed by atoms with E-state index in [0.717, 1.165) is 35.4 Å². The van der Waals surface area contributed by atoms with Gasteiger partial charge in [-0.2, -0.15) is 5.10 Å². The van der Waals surface area contributed by atoms with Gasteiger partial charge in [0.2, 0.25) is 5.16 Å². The number of carbonyl (C=O) groups excluding carboxylic acids is 1. The minimum absolute atomic E-state index is 0.0703. The van der Waals surface area contributed by atoms with E-state index in [9.17, 15) is 4.79 Å². The Morgan fingerprint density at radius 3 is 2.76 bits per heavy atom. The molecule has 5 heteroatoms. The monoisotopic (exact) mass is 351 g/mol. The van der Waals surface area contributed by atoms with Crippen LogP contribution in [0.5, 0.6) is 0 Å². The summed E-state index contributed by atoms with van der Waals surface area (Å²) in [6, 6.07) is 7.88. The van der Waals surface area contributed by atoms with Crippen LogP contribution in [-0.4, -0.2) is 26.2 Å². The second-order valence-electron chi connectivity index (χ2n) is 8.31. The van der Waals surface area contributed by atoms with E-state index >= 15 is 0 Å². The van der Waals surface area contributed by atoms with Gasteiger partial charge in [0.25, 0.3) is 0 Å². The van der Waals surface area contributed by atoms with Gasteiger partial charge in [0.15, 0.2) is 5.78 Å². The maximum absolute atomic E-state index is 12.6. The van der Waals surface area contributed by atoms with Gasteiger partial charge in [-0.15, -0.1) is 5.10 Å². The summed E-state index contributed by atoms with van der Waals surface area (Å²) in [6.07, 6.45) is 3.09. The Morgan fingerprint density at radius 2 is 1.96 bits per heavy atom. The van der Waals surface area contributed by atoms with Crippen LogP contribution in [0.25, 0.3) is 0 Å². The van der Waals surface area contributed by atoms with E-state index in [0.29, 0.717) is 11.1 Å². The molecule has 3 aliphatic carbocycles. The number of fused-ring (bicyclic) bond motifs is 6. The highest BCUT2D eigenvalue weighted by Gasteiger charge is 2.61. The Hall–Kier alpha value is -1.75. The van der Waals surface area contributed by atoms with Gasteiger partial charge in [-0.05, 0) is 30.2 Å². The molecule has 0 N–H and O–H groups in total. The average molecular weight is 351 g/mol. The second kappa shape index (κ2) is 4.91. The van der Waals surface area contributed by atoms with Gasteiger partial charge in [-0.3, -0.25) is 4.79 Å². The zero-order valence-electron chi connectivity index (χ0n) is 14.7. The normalized spacial score (nSPS) is 31.2.